The topological polar surface area (TPSA) is 55.6 Å². The van der Waals surface area contributed by atoms with E-state index in [1.165, 1.54) is 6.07 Å². The van der Waals surface area contributed by atoms with Crippen molar-refractivity contribution in [2.45, 2.75) is 25.8 Å². The molecular formula is C14H19FN2O2. The van der Waals surface area contributed by atoms with Crippen LogP contribution in [0.2, 0.25) is 0 Å². The molecule has 2 rings (SSSR count). The highest BCUT2D eigenvalue weighted by atomic mass is 19.1. The number of likely N-dealkylation sites (tertiary alicyclic amines) is 1. The van der Waals surface area contributed by atoms with Crippen LogP contribution in [0.5, 0.6) is 5.75 Å². The monoisotopic (exact) mass is 266 g/mol. The third-order valence-corrected chi connectivity index (χ3v) is 3.28. The van der Waals surface area contributed by atoms with Crippen molar-refractivity contribution >= 4 is 5.91 Å². The number of nitrogens with two attached hydrogens (primary N) is 1. The molecule has 1 aromatic carbocycles. The summed E-state index contributed by atoms with van der Waals surface area (Å²) in [4.78, 5) is 13.5. The molecule has 1 fully saturated rings. The number of carbonyl (C=O) groups excluding carboxylic acids is 1. The fourth-order valence-electron chi connectivity index (χ4n) is 2.17. The summed E-state index contributed by atoms with van der Waals surface area (Å²) in [7, 11) is 0. The Kier molecular flexibility index (Phi) is 4.37. The molecule has 1 aliphatic rings. The predicted molar refractivity (Wildman–Crippen MR) is 70.3 cm³/mol. The maximum Gasteiger partial charge on any atom is 0.260 e. The summed E-state index contributed by atoms with van der Waals surface area (Å²) in [6.45, 7) is 3.26. The molecule has 0 saturated carbocycles. The molecule has 0 radical (unpaired) electrons. The summed E-state index contributed by atoms with van der Waals surface area (Å²) in [5, 5.41) is 0. The van der Waals surface area contributed by atoms with E-state index >= 15 is 0 Å². The van der Waals surface area contributed by atoms with E-state index in [-0.39, 0.29) is 18.6 Å². The first-order chi connectivity index (χ1) is 9.08. The number of rotatable bonds is 4. The summed E-state index contributed by atoms with van der Waals surface area (Å²) < 4.78 is 19.0. The lowest BCUT2D eigenvalue weighted by atomic mass is 10.1. The molecule has 1 amide bonds. The Hall–Kier alpha value is -1.62. The number of hydrogen-bond acceptors (Lipinski definition) is 3. The van der Waals surface area contributed by atoms with Gasteiger partial charge in [-0.1, -0.05) is 6.07 Å². The Labute approximate surface area is 112 Å². The first-order valence-corrected chi connectivity index (χ1v) is 6.53. The lowest BCUT2D eigenvalue weighted by Gasteiger charge is -2.16. The Bertz CT molecular complexity index is 457. The molecule has 5 heteroatoms. The maximum atomic E-state index is 13.7. The van der Waals surface area contributed by atoms with Gasteiger partial charge in [-0.05, 0) is 25.8 Å². The minimum Gasteiger partial charge on any atom is -0.484 e. The van der Waals surface area contributed by atoms with Gasteiger partial charge < -0.3 is 15.4 Å². The van der Waals surface area contributed by atoms with Crippen LogP contribution in [0, 0.1) is 5.82 Å². The van der Waals surface area contributed by atoms with E-state index < -0.39 is 5.82 Å². The van der Waals surface area contributed by atoms with Crippen LogP contribution in [0.1, 0.15) is 31.4 Å². The minimum atomic E-state index is -0.402. The quantitative estimate of drug-likeness (QED) is 0.904. The molecule has 1 unspecified atom stereocenters. The molecule has 4 nitrogen and oxygen atoms in total. The molecule has 1 heterocycles. The fraction of sp³-hybridized carbons (Fsp3) is 0.500. The smallest absolute Gasteiger partial charge is 0.260 e. The van der Waals surface area contributed by atoms with E-state index in [2.05, 4.69) is 0 Å². The summed E-state index contributed by atoms with van der Waals surface area (Å²) >= 11 is 0. The minimum absolute atomic E-state index is 0.0447. The summed E-state index contributed by atoms with van der Waals surface area (Å²) in [6.07, 6.45) is 2.09. The Balaban J connectivity index is 1.92. The summed E-state index contributed by atoms with van der Waals surface area (Å²) in [6, 6.07) is 4.14. The van der Waals surface area contributed by atoms with Gasteiger partial charge >= 0.3 is 0 Å². The zero-order valence-corrected chi connectivity index (χ0v) is 11.1. The van der Waals surface area contributed by atoms with Crippen LogP contribution < -0.4 is 10.5 Å². The first-order valence-electron chi connectivity index (χ1n) is 6.53. The van der Waals surface area contributed by atoms with Crippen molar-refractivity contribution in [3.63, 3.8) is 0 Å². The molecule has 0 aliphatic carbocycles. The zero-order valence-electron chi connectivity index (χ0n) is 11.1. The largest absolute Gasteiger partial charge is 0.484 e. The number of nitrogens with zero attached hydrogens (tertiary/aromatic N) is 1. The second-order valence-corrected chi connectivity index (χ2v) is 4.85. The van der Waals surface area contributed by atoms with Crippen molar-refractivity contribution in [2.24, 2.45) is 5.73 Å². The van der Waals surface area contributed by atoms with Crippen LogP contribution in [-0.2, 0) is 4.79 Å². The van der Waals surface area contributed by atoms with Crippen LogP contribution in [0.3, 0.4) is 0 Å². The van der Waals surface area contributed by atoms with Crippen molar-refractivity contribution in [3.05, 3.63) is 29.6 Å². The molecule has 0 aromatic heterocycles. The second-order valence-electron chi connectivity index (χ2n) is 4.85. The number of halogens is 1. The lowest BCUT2D eigenvalue weighted by molar-refractivity contribution is -0.132. The van der Waals surface area contributed by atoms with Gasteiger partial charge in [-0.25, -0.2) is 4.39 Å². The molecule has 1 aliphatic heterocycles. The number of benzene rings is 1. The molecule has 1 aromatic rings. The number of hydrogen-bond donors (Lipinski definition) is 1. The highest BCUT2D eigenvalue weighted by Gasteiger charge is 2.18. The Morgan fingerprint density at radius 2 is 2.16 bits per heavy atom. The van der Waals surface area contributed by atoms with Crippen molar-refractivity contribution in [2.75, 3.05) is 19.7 Å². The fourth-order valence-corrected chi connectivity index (χ4v) is 2.17. The molecular weight excluding hydrogens is 247 g/mol. The SMILES string of the molecule is CC(N)c1ccc(OCC(=O)N2CCCC2)cc1F. The van der Waals surface area contributed by atoms with E-state index in [1.54, 1.807) is 24.0 Å². The number of amides is 1. The number of carbonyl (C=O) groups is 1. The predicted octanol–water partition coefficient (Wildman–Crippen LogP) is 1.85. The zero-order chi connectivity index (χ0) is 13.8. The standard InChI is InChI=1S/C14H19FN2O2/c1-10(16)12-5-4-11(8-13(12)15)19-9-14(18)17-6-2-3-7-17/h4-5,8,10H,2-3,6-7,9,16H2,1H3. The second kappa shape index (κ2) is 6.02. The Morgan fingerprint density at radius 3 is 2.74 bits per heavy atom. The van der Waals surface area contributed by atoms with Crippen molar-refractivity contribution in [1.29, 1.82) is 0 Å². The van der Waals surface area contributed by atoms with E-state index in [0.717, 1.165) is 25.9 Å². The van der Waals surface area contributed by atoms with Crippen LogP contribution in [0.25, 0.3) is 0 Å². The highest BCUT2D eigenvalue weighted by Crippen LogP contribution is 2.20. The van der Waals surface area contributed by atoms with E-state index in [0.29, 0.717) is 11.3 Å². The first kappa shape index (κ1) is 13.8. The van der Waals surface area contributed by atoms with Gasteiger partial charge in [-0.15, -0.1) is 0 Å². The van der Waals surface area contributed by atoms with Gasteiger partial charge in [0.15, 0.2) is 6.61 Å². The van der Waals surface area contributed by atoms with Gasteiger partial charge in [0.05, 0.1) is 0 Å². The van der Waals surface area contributed by atoms with Gasteiger partial charge in [-0.2, -0.15) is 0 Å². The van der Waals surface area contributed by atoms with Gasteiger partial charge in [0.25, 0.3) is 5.91 Å². The average Bonchev–Trinajstić information content (AvgIpc) is 2.89. The Morgan fingerprint density at radius 1 is 1.47 bits per heavy atom. The van der Waals surface area contributed by atoms with E-state index in [1.807, 2.05) is 0 Å². The lowest BCUT2D eigenvalue weighted by Crippen LogP contribution is -2.32. The molecule has 0 spiro atoms. The molecule has 104 valence electrons. The maximum absolute atomic E-state index is 13.7. The van der Waals surface area contributed by atoms with Crippen molar-refractivity contribution in [1.82, 2.24) is 4.90 Å². The van der Waals surface area contributed by atoms with Gasteiger partial charge in [-0.3, -0.25) is 4.79 Å². The van der Waals surface area contributed by atoms with E-state index in [4.69, 9.17) is 10.5 Å². The highest BCUT2D eigenvalue weighted by molar-refractivity contribution is 5.78. The van der Waals surface area contributed by atoms with Gasteiger partial charge in [0.1, 0.15) is 11.6 Å². The molecule has 19 heavy (non-hydrogen) atoms. The van der Waals surface area contributed by atoms with Crippen molar-refractivity contribution in [3.8, 4) is 5.75 Å². The molecule has 1 saturated heterocycles. The summed E-state index contributed by atoms with van der Waals surface area (Å²) in [5.74, 6) is -0.0928. The average molecular weight is 266 g/mol. The third kappa shape index (κ3) is 3.44. The van der Waals surface area contributed by atoms with Crippen LogP contribution >= 0.6 is 0 Å². The van der Waals surface area contributed by atoms with Crippen LogP contribution in [-0.4, -0.2) is 30.5 Å². The number of ether oxygens (including phenoxy) is 1. The summed E-state index contributed by atoms with van der Waals surface area (Å²) in [5.41, 5.74) is 6.07. The normalized spacial score (nSPS) is 16.5. The molecule has 1 atom stereocenters. The van der Waals surface area contributed by atoms with Crippen LogP contribution in [0.4, 0.5) is 4.39 Å². The van der Waals surface area contributed by atoms with Gasteiger partial charge in [0, 0.05) is 30.8 Å². The molecule has 2 N–H and O–H groups in total. The van der Waals surface area contributed by atoms with Crippen molar-refractivity contribution < 1.29 is 13.9 Å². The van der Waals surface area contributed by atoms with Crippen LogP contribution in [0.15, 0.2) is 18.2 Å². The van der Waals surface area contributed by atoms with E-state index in [9.17, 15) is 9.18 Å². The third-order valence-electron chi connectivity index (χ3n) is 3.28. The molecule has 0 bridgehead atoms. The van der Waals surface area contributed by atoms with Gasteiger partial charge in [0.2, 0.25) is 0 Å².